The molecule has 24 heavy (non-hydrogen) atoms. The Morgan fingerprint density at radius 3 is 2.21 bits per heavy atom. The smallest absolute Gasteiger partial charge is 0.271 e. The van der Waals surface area contributed by atoms with E-state index in [1.165, 1.54) is 11.3 Å². The Bertz CT molecular complexity index is 901. The van der Waals surface area contributed by atoms with Crippen molar-refractivity contribution >= 4 is 27.0 Å². The van der Waals surface area contributed by atoms with Gasteiger partial charge in [0.25, 0.3) is 10.0 Å². The third-order valence-electron chi connectivity index (χ3n) is 3.34. The van der Waals surface area contributed by atoms with Crippen LogP contribution < -0.4 is 9.46 Å². The molecule has 0 saturated carbocycles. The highest BCUT2D eigenvalue weighted by molar-refractivity contribution is 7.94. The van der Waals surface area contributed by atoms with E-state index < -0.39 is 10.0 Å². The number of hydrogen-bond donors (Lipinski definition) is 1. The Balaban J connectivity index is 1.71. The van der Waals surface area contributed by atoms with Crippen LogP contribution in [0.3, 0.4) is 0 Å². The fourth-order valence-electron chi connectivity index (χ4n) is 2.11. The van der Waals surface area contributed by atoms with Crippen LogP contribution in [0.2, 0.25) is 0 Å². The molecule has 3 rings (SSSR count). The highest BCUT2D eigenvalue weighted by Gasteiger charge is 2.16. The average molecular weight is 359 g/mol. The molecule has 0 aliphatic carbocycles. The van der Waals surface area contributed by atoms with E-state index >= 15 is 0 Å². The van der Waals surface area contributed by atoms with Crippen LogP contribution in [0.25, 0.3) is 0 Å². The Morgan fingerprint density at radius 1 is 0.917 bits per heavy atom. The molecule has 1 N–H and O–H groups in total. The second-order valence-corrected chi connectivity index (χ2v) is 8.20. The molecule has 0 atom stereocenters. The number of sulfonamides is 1. The zero-order valence-electron chi connectivity index (χ0n) is 13.1. The van der Waals surface area contributed by atoms with Gasteiger partial charge in [0.2, 0.25) is 0 Å². The molecule has 0 bridgehead atoms. The van der Waals surface area contributed by atoms with E-state index in [9.17, 15) is 8.42 Å². The molecule has 6 heteroatoms. The second-order valence-electron chi connectivity index (χ2n) is 5.12. The standard InChI is InChI=1S/C18H17NO3S2/c1-2-17-12-13-18(23-17)24(20,21)19-14-8-10-16(11-9-14)22-15-6-4-3-5-7-15/h3-13,19H,2H2,1H3. The van der Waals surface area contributed by atoms with Crippen molar-refractivity contribution in [3.05, 3.63) is 71.6 Å². The van der Waals surface area contributed by atoms with Gasteiger partial charge in [0.1, 0.15) is 15.7 Å². The minimum Gasteiger partial charge on any atom is -0.457 e. The lowest BCUT2D eigenvalue weighted by Crippen LogP contribution is -2.11. The summed E-state index contributed by atoms with van der Waals surface area (Å²) in [5.41, 5.74) is 0.502. The van der Waals surface area contributed by atoms with Gasteiger partial charge in [-0.1, -0.05) is 25.1 Å². The van der Waals surface area contributed by atoms with Crippen molar-refractivity contribution in [2.75, 3.05) is 4.72 Å². The molecule has 0 unspecified atom stereocenters. The SMILES string of the molecule is CCc1ccc(S(=O)(=O)Nc2ccc(Oc3ccccc3)cc2)s1. The number of para-hydroxylation sites is 1. The second kappa shape index (κ2) is 7.07. The molecule has 0 aliphatic rings. The summed E-state index contributed by atoms with van der Waals surface area (Å²) in [7, 11) is -3.55. The summed E-state index contributed by atoms with van der Waals surface area (Å²) in [6.45, 7) is 2.00. The van der Waals surface area contributed by atoms with Gasteiger partial charge in [-0.15, -0.1) is 11.3 Å². The molecule has 1 aromatic heterocycles. The van der Waals surface area contributed by atoms with Crippen molar-refractivity contribution < 1.29 is 13.2 Å². The van der Waals surface area contributed by atoms with Crippen LogP contribution in [0.5, 0.6) is 11.5 Å². The first kappa shape index (κ1) is 16.5. The Morgan fingerprint density at radius 2 is 1.58 bits per heavy atom. The fraction of sp³-hybridized carbons (Fsp3) is 0.111. The fourth-order valence-corrected chi connectivity index (χ4v) is 4.47. The lowest BCUT2D eigenvalue weighted by atomic mass is 10.3. The van der Waals surface area contributed by atoms with E-state index in [0.29, 0.717) is 15.6 Å². The van der Waals surface area contributed by atoms with E-state index in [1.54, 1.807) is 30.3 Å². The molecule has 0 amide bonds. The molecule has 0 fully saturated rings. The lowest BCUT2D eigenvalue weighted by molar-refractivity contribution is 0.483. The third kappa shape index (κ3) is 3.96. The van der Waals surface area contributed by atoms with Crippen LogP contribution in [-0.2, 0) is 16.4 Å². The summed E-state index contributed by atoms with van der Waals surface area (Å²) in [6, 6.07) is 19.7. The maximum Gasteiger partial charge on any atom is 0.271 e. The normalized spacial score (nSPS) is 11.2. The van der Waals surface area contributed by atoms with Crippen LogP contribution in [0.1, 0.15) is 11.8 Å². The Hall–Kier alpha value is -2.31. The van der Waals surface area contributed by atoms with E-state index in [2.05, 4.69) is 4.72 Å². The summed E-state index contributed by atoms with van der Waals surface area (Å²) in [5, 5.41) is 0. The Kier molecular flexibility index (Phi) is 4.87. The molecule has 0 saturated heterocycles. The number of rotatable bonds is 6. The number of benzene rings is 2. The quantitative estimate of drug-likeness (QED) is 0.681. The zero-order chi connectivity index (χ0) is 17.0. The average Bonchev–Trinajstić information content (AvgIpc) is 3.08. The first-order valence-electron chi connectivity index (χ1n) is 7.51. The molecule has 3 aromatic rings. The number of ether oxygens (including phenoxy) is 1. The van der Waals surface area contributed by atoms with Crippen molar-refractivity contribution in [3.63, 3.8) is 0 Å². The zero-order valence-corrected chi connectivity index (χ0v) is 14.7. The summed E-state index contributed by atoms with van der Waals surface area (Å²) in [6.07, 6.45) is 0.825. The highest BCUT2D eigenvalue weighted by atomic mass is 32.2. The first-order chi connectivity index (χ1) is 11.6. The number of nitrogens with one attached hydrogen (secondary N) is 1. The lowest BCUT2D eigenvalue weighted by Gasteiger charge is -2.08. The molecule has 0 aliphatic heterocycles. The van der Waals surface area contributed by atoms with Gasteiger partial charge in [-0.3, -0.25) is 4.72 Å². The van der Waals surface area contributed by atoms with Gasteiger partial charge in [-0.05, 0) is 55.0 Å². The van der Waals surface area contributed by atoms with Crippen molar-refractivity contribution in [1.29, 1.82) is 0 Å². The Labute approximate surface area is 145 Å². The largest absolute Gasteiger partial charge is 0.457 e. The predicted molar refractivity (Wildman–Crippen MR) is 97.5 cm³/mol. The summed E-state index contributed by atoms with van der Waals surface area (Å²) in [4.78, 5) is 1.04. The van der Waals surface area contributed by atoms with Gasteiger partial charge < -0.3 is 4.74 Å². The van der Waals surface area contributed by atoms with Crippen molar-refractivity contribution in [3.8, 4) is 11.5 Å². The van der Waals surface area contributed by atoms with Crippen molar-refractivity contribution in [2.45, 2.75) is 17.6 Å². The summed E-state index contributed by atoms with van der Waals surface area (Å²) >= 11 is 1.29. The minimum atomic E-state index is -3.55. The minimum absolute atomic E-state index is 0.323. The summed E-state index contributed by atoms with van der Waals surface area (Å²) in [5.74, 6) is 1.38. The molecule has 4 nitrogen and oxygen atoms in total. The topological polar surface area (TPSA) is 55.4 Å². The molecular weight excluding hydrogens is 342 g/mol. The highest BCUT2D eigenvalue weighted by Crippen LogP contribution is 2.26. The monoisotopic (exact) mass is 359 g/mol. The van der Waals surface area contributed by atoms with E-state index in [4.69, 9.17) is 4.74 Å². The van der Waals surface area contributed by atoms with Crippen LogP contribution in [-0.4, -0.2) is 8.42 Å². The molecule has 1 heterocycles. The maximum absolute atomic E-state index is 12.4. The van der Waals surface area contributed by atoms with Gasteiger partial charge >= 0.3 is 0 Å². The molecule has 0 spiro atoms. The predicted octanol–water partition coefficient (Wildman–Crippen LogP) is 4.90. The van der Waals surface area contributed by atoms with Crippen LogP contribution in [0.15, 0.2) is 70.9 Å². The summed E-state index contributed by atoms with van der Waals surface area (Å²) < 4.78 is 33.4. The van der Waals surface area contributed by atoms with Crippen molar-refractivity contribution in [1.82, 2.24) is 0 Å². The van der Waals surface area contributed by atoms with Crippen LogP contribution >= 0.6 is 11.3 Å². The van der Waals surface area contributed by atoms with Crippen LogP contribution in [0, 0.1) is 0 Å². The number of aryl methyl sites for hydroxylation is 1. The molecule has 2 aromatic carbocycles. The third-order valence-corrected chi connectivity index (χ3v) is 6.44. The molecule has 124 valence electrons. The van der Waals surface area contributed by atoms with E-state index in [0.717, 1.165) is 17.0 Å². The van der Waals surface area contributed by atoms with Gasteiger partial charge in [0.15, 0.2) is 0 Å². The number of thiophene rings is 1. The van der Waals surface area contributed by atoms with Gasteiger partial charge in [-0.25, -0.2) is 8.42 Å². The van der Waals surface area contributed by atoms with E-state index in [-0.39, 0.29) is 0 Å². The van der Waals surface area contributed by atoms with Gasteiger partial charge in [0, 0.05) is 10.6 Å². The molecule has 0 radical (unpaired) electrons. The first-order valence-corrected chi connectivity index (χ1v) is 9.81. The number of anilines is 1. The van der Waals surface area contributed by atoms with Crippen LogP contribution in [0.4, 0.5) is 5.69 Å². The number of hydrogen-bond acceptors (Lipinski definition) is 4. The van der Waals surface area contributed by atoms with Gasteiger partial charge in [0.05, 0.1) is 0 Å². The van der Waals surface area contributed by atoms with E-state index in [1.807, 2.05) is 43.3 Å². The van der Waals surface area contributed by atoms with Crippen molar-refractivity contribution in [2.24, 2.45) is 0 Å². The van der Waals surface area contributed by atoms with Gasteiger partial charge in [-0.2, -0.15) is 0 Å². The molecular formula is C18H17NO3S2. The maximum atomic E-state index is 12.4.